The van der Waals surface area contributed by atoms with Crippen LogP contribution in [-0.2, 0) is 10.0 Å². The molecule has 7 heteroatoms. The van der Waals surface area contributed by atoms with Crippen molar-refractivity contribution in [2.45, 2.75) is 24.8 Å². The van der Waals surface area contributed by atoms with Crippen LogP contribution in [0.1, 0.15) is 25.5 Å². The Kier molecular flexibility index (Phi) is 6.10. The number of hydrogen-bond acceptors (Lipinski definition) is 4. The maximum absolute atomic E-state index is 12.5. The van der Waals surface area contributed by atoms with Crippen molar-refractivity contribution in [2.24, 2.45) is 0 Å². The van der Waals surface area contributed by atoms with Crippen molar-refractivity contribution in [2.75, 3.05) is 13.7 Å². The van der Waals surface area contributed by atoms with Crippen LogP contribution >= 0.6 is 11.6 Å². The quantitative estimate of drug-likeness (QED) is 0.806. The van der Waals surface area contributed by atoms with Gasteiger partial charge in [0.1, 0.15) is 0 Å². The van der Waals surface area contributed by atoms with Crippen LogP contribution in [0.3, 0.4) is 0 Å². The van der Waals surface area contributed by atoms with E-state index in [1.165, 1.54) is 12.1 Å². The van der Waals surface area contributed by atoms with Gasteiger partial charge in [-0.15, -0.1) is 0 Å². The number of nitrogens with one attached hydrogen (secondary N) is 1. The standard InChI is InChI=1S/C17H20ClNO4S/c1-4-23-16-9-8-13(10-17(16)22-3)12(2)19-24(20,21)15-7-5-6-14(18)11-15/h5-12,19H,4H2,1-3H3/t12-/m0/s1. The number of hydrogen-bond donors (Lipinski definition) is 1. The average molecular weight is 370 g/mol. The second-order valence-electron chi connectivity index (χ2n) is 5.14. The third-order valence-corrected chi connectivity index (χ3v) is 5.20. The molecule has 0 aromatic heterocycles. The smallest absolute Gasteiger partial charge is 0.241 e. The van der Waals surface area contributed by atoms with E-state index in [-0.39, 0.29) is 4.90 Å². The van der Waals surface area contributed by atoms with Crippen LogP contribution in [0.25, 0.3) is 0 Å². The third kappa shape index (κ3) is 4.41. The molecule has 0 unspecified atom stereocenters. The fourth-order valence-corrected chi connectivity index (χ4v) is 3.76. The fourth-order valence-electron chi connectivity index (χ4n) is 2.23. The lowest BCUT2D eigenvalue weighted by Crippen LogP contribution is -2.26. The zero-order chi connectivity index (χ0) is 17.7. The van der Waals surface area contributed by atoms with Crippen molar-refractivity contribution >= 4 is 21.6 Å². The van der Waals surface area contributed by atoms with E-state index in [1.54, 1.807) is 44.4 Å². The highest BCUT2D eigenvalue weighted by Gasteiger charge is 2.19. The highest BCUT2D eigenvalue weighted by molar-refractivity contribution is 7.89. The first-order valence-corrected chi connectivity index (χ1v) is 9.32. The van der Waals surface area contributed by atoms with E-state index in [9.17, 15) is 8.42 Å². The van der Waals surface area contributed by atoms with E-state index in [4.69, 9.17) is 21.1 Å². The molecule has 0 fully saturated rings. The molecule has 0 aliphatic rings. The molecule has 0 saturated carbocycles. The molecule has 2 rings (SSSR count). The molecule has 0 bridgehead atoms. The maximum atomic E-state index is 12.5. The Labute approximate surface area is 147 Å². The Morgan fingerprint density at radius 1 is 1.17 bits per heavy atom. The number of ether oxygens (including phenoxy) is 2. The van der Waals surface area contributed by atoms with Crippen LogP contribution in [0, 0.1) is 0 Å². The van der Waals surface area contributed by atoms with Gasteiger partial charge in [-0.3, -0.25) is 0 Å². The summed E-state index contributed by atoms with van der Waals surface area (Å²) >= 11 is 5.87. The van der Waals surface area contributed by atoms with Crippen LogP contribution < -0.4 is 14.2 Å². The summed E-state index contributed by atoms with van der Waals surface area (Å²) in [5, 5.41) is 0.369. The van der Waals surface area contributed by atoms with Gasteiger partial charge < -0.3 is 9.47 Å². The lowest BCUT2D eigenvalue weighted by molar-refractivity contribution is 0.310. The largest absolute Gasteiger partial charge is 0.493 e. The van der Waals surface area contributed by atoms with Crippen LogP contribution in [0.2, 0.25) is 5.02 Å². The highest BCUT2D eigenvalue weighted by atomic mass is 35.5. The molecule has 0 heterocycles. The molecular formula is C17H20ClNO4S. The van der Waals surface area contributed by atoms with Crippen LogP contribution in [-0.4, -0.2) is 22.1 Å². The molecule has 2 aromatic rings. The monoisotopic (exact) mass is 369 g/mol. The first-order valence-electron chi connectivity index (χ1n) is 7.46. The summed E-state index contributed by atoms with van der Waals surface area (Å²) in [6.07, 6.45) is 0. The minimum absolute atomic E-state index is 0.125. The summed E-state index contributed by atoms with van der Waals surface area (Å²) < 4.78 is 38.3. The molecule has 1 atom stereocenters. The molecule has 24 heavy (non-hydrogen) atoms. The van der Waals surface area contributed by atoms with Gasteiger partial charge in [0.15, 0.2) is 11.5 Å². The highest BCUT2D eigenvalue weighted by Crippen LogP contribution is 2.30. The molecular weight excluding hydrogens is 350 g/mol. The molecule has 0 saturated heterocycles. The summed E-state index contributed by atoms with van der Waals surface area (Å²) in [5.41, 5.74) is 0.765. The Morgan fingerprint density at radius 3 is 2.54 bits per heavy atom. The van der Waals surface area contributed by atoms with Crippen molar-refractivity contribution in [3.63, 3.8) is 0 Å². The maximum Gasteiger partial charge on any atom is 0.241 e. The number of sulfonamides is 1. The predicted molar refractivity (Wildman–Crippen MR) is 94.4 cm³/mol. The topological polar surface area (TPSA) is 64.6 Å². The van der Waals surface area contributed by atoms with Crippen LogP contribution in [0.15, 0.2) is 47.4 Å². The lowest BCUT2D eigenvalue weighted by Gasteiger charge is -2.17. The summed E-state index contributed by atoms with van der Waals surface area (Å²) in [4.78, 5) is 0.125. The van der Waals surface area contributed by atoms with Crippen molar-refractivity contribution in [1.29, 1.82) is 0 Å². The average Bonchev–Trinajstić information content (AvgIpc) is 2.55. The van der Waals surface area contributed by atoms with Gasteiger partial charge in [0.05, 0.1) is 18.6 Å². The van der Waals surface area contributed by atoms with Gasteiger partial charge in [-0.05, 0) is 49.7 Å². The van der Waals surface area contributed by atoms with Gasteiger partial charge >= 0.3 is 0 Å². The number of benzene rings is 2. The molecule has 0 aliphatic heterocycles. The molecule has 1 N–H and O–H groups in total. The summed E-state index contributed by atoms with van der Waals surface area (Å²) in [5.74, 6) is 1.18. The Bertz CT molecular complexity index is 808. The van der Waals surface area contributed by atoms with Crippen LogP contribution in [0.4, 0.5) is 0 Å². The lowest BCUT2D eigenvalue weighted by atomic mass is 10.1. The van der Waals surface area contributed by atoms with E-state index in [0.29, 0.717) is 23.1 Å². The first-order chi connectivity index (χ1) is 11.4. The molecule has 2 aromatic carbocycles. The third-order valence-electron chi connectivity index (χ3n) is 3.43. The summed E-state index contributed by atoms with van der Waals surface area (Å²) in [6, 6.07) is 11.0. The molecule has 5 nitrogen and oxygen atoms in total. The second kappa shape index (κ2) is 7.88. The van der Waals surface area contributed by atoms with Gasteiger partial charge in [-0.25, -0.2) is 13.1 Å². The van der Waals surface area contributed by atoms with Gasteiger partial charge in [0.2, 0.25) is 10.0 Å². The molecule has 130 valence electrons. The zero-order valence-corrected chi connectivity index (χ0v) is 15.3. The fraction of sp³-hybridized carbons (Fsp3) is 0.294. The molecule has 0 aliphatic carbocycles. The van der Waals surface area contributed by atoms with Gasteiger partial charge in [0, 0.05) is 11.1 Å². The Morgan fingerprint density at radius 2 is 1.92 bits per heavy atom. The van der Waals surface area contributed by atoms with Crippen LogP contribution in [0.5, 0.6) is 11.5 Å². The number of halogens is 1. The van der Waals surface area contributed by atoms with E-state index in [0.717, 1.165) is 5.56 Å². The Hall–Kier alpha value is -1.76. The molecule has 0 radical (unpaired) electrons. The number of rotatable bonds is 7. The summed E-state index contributed by atoms with van der Waals surface area (Å²) in [6.45, 7) is 4.17. The van der Waals surface area contributed by atoms with E-state index >= 15 is 0 Å². The van der Waals surface area contributed by atoms with Crippen molar-refractivity contribution in [3.05, 3.63) is 53.1 Å². The van der Waals surface area contributed by atoms with Gasteiger partial charge in [-0.2, -0.15) is 0 Å². The van der Waals surface area contributed by atoms with Gasteiger partial charge in [-0.1, -0.05) is 23.7 Å². The van der Waals surface area contributed by atoms with Crippen molar-refractivity contribution in [3.8, 4) is 11.5 Å². The second-order valence-corrected chi connectivity index (χ2v) is 7.29. The first kappa shape index (κ1) is 18.6. The summed E-state index contributed by atoms with van der Waals surface area (Å²) in [7, 11) is -2.13. The SMILES string of the molecule is CCOc1ccc([C@H](C)NS(=O)(=O)c2cccc(Cl)c2)cc1OC. The number of methoxy groups -OCH3 is 1. The minimum atomic E-state index is -3.68. The minimum Gasteiger partial charge on any atom is -0.493 e. The molecule has 0 spiro atoms. The van der Waals surface area contributed by atoms with E-state index < -0.39 is 16.1 Å². The van der Waals surface area contributed by atoms with E-state index in [2.05, 4.69) is 4.72 Å². The van der Waals surface area contributed by atoms with E-state index in [1.807, 2.05) is 6.92 Å². The van der Waals surface area contributed by atoms with Crippen molar-refractivity contribution in [1.82, 2.24) is 4.72 Å². The van der Waals surface area contributed by atoms with Gasteiger partial charge in [0.25, 0.3) is 0 Å². The predicted octanol–water partition coefficient (Wildman–Crippen LogP) is 3.79. The van der Waals surface area contributed by atoms with Crippen molar-refractivity contribution < 1.29 is 17.9 Å². The molecule has 0 amide bonds. The normalized spacial score (nSPS) is 12.7. The zero-order valence-electron chi connectivity index (χ0n) is 13.7. The Balaban J connectivity index is 2.24.